The Labute approximate surface area is 147 Å². The number of H-pyrrole nitrogens is 1. The fourth-order valence-electron chi connectivity index (χ4n) is 1.93. The quantitative estimate of drug-likeness (QED) is 0.673. The van der Waals surface area contributed by atoms with Crippen molar-refractivity contribution in [3.05, 3.63) is 54.1 Å². The molecule has 1 heterocycles. The minimum Gasteiger partial charge on any atom is -1.00 e. The van der Waals surface area contributed by atoms with Crippen molar-refractivity contribution >= 4 is 29.5 Å². The first-order valence-corrected chi connectivity index (χ1v) is 7.40. The lowest BCUT2D eigenvalue weighted by molar-refractivity contribution is -0.342. The van der Waals surface area contributed by atoms with Crippen LogP contribution in [-0.4, -0.2) is 19.2 Å². The highest BCUT2D eigenvalue weighted by atomic mass is 35.5. The van der Waals surface area contributed by atoms with E-state index in [9.17, 15) is 4.79 Å². The van der Waals surface area contributed by atoms with Gasteiger partial charge in [0.25, 0.3) is 0 Å². The van der Waals surface area contributed by atoms with E-state index in [1.807, 2.05) is 42.5 Å². The van der Waals surface area contributed by atoms with Crippen molar-refractivity contribution in [2.45, 2.75) is 6.92 Å². The van der Waals surface area contributed by atoms with Crippen molar-refractivity contribution in [2.24, 2.45) is 0 Å². The van der Waals surface area contributed by atoms with Crippen molar-refractivity contribution in [1.29, 1.82) is 0 Å². The van der Waals surface area contributed by atoms with Crippen molar-refractivity contribution in [2.75, 3.05) is 29.5 Å². The molecular weight excluding hydrogens is 328 g/mol. The first-order valence-electron chi connectivity index (χ1n) is 7.40. The van der Waals surface area contributed by atoms with Crippen LogP contribution in [0.15, 0.2) is 48.5 Å². The second kappa shape index (κ2) is 10.1. The third-order valence-electron chi connectivity index (χ3n) is 3.01. The Morgan fingerprint density at radius 2 is 2.00 bits per heavy atom. The number of pyridine rings is 1. The zero-order valence-electron chi connectivity index (χ0n) is 13.4. The number of carbonyl (C=O) groups excluding carboxylic acids is 1. The molecule has 24 heavy (non-hydrogen) atoms. The zero-order chi connectivity index (χ0) is 16.5. The van der Waals surface area contributed by atoms with E-state index < -0.39 is 6.09 Å². The number of rotatable bonds is 6. The van der Waals surface area contributed by atoms with Gasteiger partial charge in [0.05, 0.1) is 13.2 Å². The Kier molecular flexibility index (Phi) is 8.15. The molecular formula is C17H21ClN4O2. The Balaban J connectivity index is 0.00000288. The van der Waals surface area contributed by atoms with Crippen LogP contribution in [0.3, 0.4) is 0 Å². The van der Waals surface area contributed by atoms with Gasteiger partial charge in [-0.25, -0.2) is 9.78 Å². The molecule has 0 spiro atoms. The number of aromatic amines is 1. The number of aromatic nitrogens is 1. The van der Waals surface area contributed by atoms with Crippen LogP contribution in [0.25, 0.3) is 6.08 Å². The normalized spacial score (nSPS) is 10.0. The summed E-state index contributed by atoms with van der Waals surface area (Å²) >= 11 is 0. The van der Waals surface area contributed by atoms with E-state index in [-0.39, 0.29) is 12.4 Å². The van der Waals surface area contributed by atoms with E-state index in [2.05, 4.69) is 15.6 Å². The Morgan fingerprint density at radius 1 is 1.25 bits per heavy atom. The smallest absolute Gasteiger partial charge is 0.411 e. The minimum atomic E-state index is -0.529. The third-order valence-corrected chi connectivity index (χ3v) is 3.01. The maximum absolute atomic E-state index is 11.4. The van der Waals surface area contributed by atoms with Crippen LogP contribution < -0.4 is 33.8 Å². The number of hydrogen-bond donors (Lipinski definition) is 3. The van der Waals surface area contributed by atoms with Crippen molar-refractivity contribution < 1.29 is 26.9 Å². The second-order valence-electron chi connectivity index (χ2n) is 4.74. The lowest BCUT2D eigenvalue weighted by Crippen LogP contribution is -3.00. The summed E-state index contributed by atoms with van der Waals surface area (Å²) in [7, 11) is 0. The molecule has 0 unspecified atom stereocenters. The van der Waals surface area contributed by atoms with Gasteiger partial charge in [0.15, 0.2) is 0 Å². The van der Waals surface area contributed by atoms with E-state index in [1.54, 1.807) is 19.1 Å². The topological polar surface area (TPSA) is 90.5 Å². The van der Waals surface area contributed by atoms with Crippen molar-refractivity contribution in [3.8, 4) is 0 Å². The Hall–Kier alpha value is -2.73. The molecule has 0 atom stereocenters. The number of hydrogen-bond acceptors (Lipinski definition) is 4. The van der Waals surface area contributed by atoms with Gasteiger partial charge in [0.2, 0.25) is 11.6 Å². The Morgan fingerprint density at radius 3 is 2.67 bits per heavy atom. The molecule has 0 fully saturated rings. The highest BCUT2D eigenvalue weighted by molar-refractivity contribution is 5.87. The number of amides is 1. The van der Waals surface area contributed by atoms with Crippen molar-refractivity contribution in [1.82, 2.24) is 0 Å². The van der Waals surface area contributed by atoms with E-state index in [0.717, 1.165) is 11.4 Å². The van der Waals surface area contributed by atoms with Crippen LogP contribution in [0.4, 0.5) is 22.1 Å². The average Bonchev–Trinajstić information content (AvgIpc) is 2.55. The minimum absolute atomic E-state index is 0. The maximum Gasteiger partial charge on any atom is 0.411 e. The maximum atomic E-state index is 11.4. The van der Waals surface area contributed by atoms with Gasteiger partial charge >= 0.3 is 6.09 Å². The fraction of sp³-hybridized carbons (Fsp3) is 0.176. The van der Waals surface area contributed by atoms with Gasteiger partial charge in [0.1, 0.15) is 5.69 Å². The third kappa shape index (κ3) is 6.18. The van der Waals surface area contributed by atoms with Crippen LogP contribution in [0, 0.1) is 0 Å². The summed E-state index contributed by atoms with van der Waals surface area (Å²) in [6.45, 7) is 2.70. The number of nitrogens with one attached hydrogen (secondary N) is 3. The van der Waals surface area contributed by atoms with Crippen LogP contribution in [0.1, 0.15) is 12.5 Å². The molecule has 0 aliphatic carbocycles. The lowest BCUT2D eigenvalue weighted by atomic mass is 10.2. The van der Waals surface area contributed by atoms with Crippen LogP contribution in [0.5, 0.6) is 0 Å². The first-order chi connectivity index (χ1) is 11.2. The molecule has 128 valence electrons. The highest BCUT2D eigenvalue weighted by Gasteiger charge is 2.09. The number of carbonyl (C=O) groups is 1. The highest BCUT2D eigenvalue weighted by Crippen LogP contribution is 2.14. The summed E-state index contributed by atoms with van der Waals surface area (Å²) in [4.78, 5) is 14.4. The van der Waals surface area contributed by atoms with E-state index >= 15 is 0 Å². The van der Waals surface area contributed by atoms with Gasteiger partial charge in [-0.3, -0.25) is 5.32 Å². The van der Waals surface area contributed by atoms with E-state index in [4.69, 9.17) is 10.5 Å². The lowest BCUT2D eigenvalue weighted by Gasteiger charge is -2.06. The first kappa shape index (κ1) is 19.3. The molecule has 6 nitrogen and oxygen atoms in total. The Bertz CT molecular complexity index is 678. The predicted molar refractivity (Wildman–Crippen MR) is 92.0 cm³/mol. The average molecular weight is 349 g/mol. The summed E-state index contributed by atoms with van der Waals surface area (Å²) in [5, 5.41) is 5.76. The largest absolute Gasteiger partial charge is 1.00 e. The number of halogens is 1. The predicted octanol–water partition coefficient (Wildman–Crippen LogP) is -0.219. The summed E-state index contributed by atoms with van der Waals surface area (Å²) in [5.41, 5.74) is 7.50. The number of ether oxygens (including phenoxy) is 1. The van der Waals surface area contributed by atoms with Gasteiger partial charge in [-0.15, -0.1) is 0 Å². The molecule has 0 saturated carbocycles. The van der Waals surface area contributed by atoms with E-state index in [1.165, 1.54) is 0 Å². The van der Waals surface area contributed by atoms with Crippen molar-refractivity contribution in [3.63, 3.8) is 0 Å². The molecule has 0 aliphatic heterocycles. The van der Waals surface area contributed by atoms with Crippen LogP contribution >= 0.6 is 0 Å². The molecule has 1 aromatic heterocycles. The molecule has 1 aromatic carbocycles. The molecule has 0 radical (unpaired) electrons. The molecule has 2 rings (SSSR count). The molecule has 7 heteroatoms. The molecule has 0 bridgehead atoms. The summed E-state index contributed by atoms with van der Waals surface area (Å²) < 4.78 is 4.81. The summed E-state index contributed by atoms with van der Waals surface area (Å²) in [6.07, 6.45) is 3.52. The molecule has 0 aliphatic rings. The van der Waals surface area contributed by atoms with Gasteiger partial charge in [-0.2, -0.15) is 0 Å². The molecule has 5 N–H and O–H groups in total. The second-order valence-corrected chi connectivity index (χ2v) is 4.74. The summed E-state index contributed by atoms with van der Waals surface area (Å²) in [5.74, 6) is 1.12. The van der Waals surface area contributed by atoms with Crippen LogP contribution in [-0.2, 0) is 4.74 Å². The monoisotopic (exact) mass is 348 g/mol. The van der Waals surface area contributed by atoms with Gasteiger partial charge in [0, 0.05) is 6.07 Å². The zero-order valence-corrected chi connectivity index (χ0v) is 14.1. The van der Waals surface area contributed by atoms with Gasteiger partial charge in [-0.05, 0) is 18.6 Å². The SMILES string of the molecule is CCOC(=O)Nc1ccc(NC/C=C/c2ccccc2)[nH+]c1N.[Cl-]. The number of anilines is 3. The summed E-state index contributed by atoms with van der Waals surface area (Å²) in [6, 6.07) is 13.6. The van der Waals surface area contributed by atoms with E-state index in [0.29, 0.717) is 24.7 Å². The standard InChI is InChI=1S/C17H20N4O2.ClH/c1-2-23-17(22)20-14-10-11-15(21-16(14)18)19-12-6-9-13-7-4-3-5-8-13;/h3-11H,2,12H2,1H3,(H,20,22)(H3,18,19,21);1H/b9-6+;. The number of benzene rings is 1. The van der Waals surface area contributed by atoms with Gasteiger partial charge < -0.3 is 28.2 Å². The molecule has 2 aromatic rings. The number of nitrogens with two attached hydrogens (primary N) is 1. The van der Waals surface area contributed by atoms with Gasteiger partial charge in [-0.1, -0.05) is 42.5 Å². The molecule has 1 amide bonds. The fourth-order valence-corrected chi connectivity index (χ4v) is 1.93. The molecule has 0 saturated heterocycles. The number of nitrogen functional groups attached to an aromatic ring is 1. The van der Waals surface area contributed by atoms with Crippen LogP contribution in [0.2, 0.25) is 0 Å².